The van der Waals surface area contributed by atoms with E-state index in [9.17, 15) is 5.11 Å². The van der Waals surface area contributed by atoms with Crippen molar-refractivity contribution in [2.24, 2.45) is 0 Å². The summed E-state index contributed by atoms with van der Waals surface area (Å²) >= 11 is 3.33. The van der Waals surface area contributed by atoms with Crippen molar-refractivity contribution in [1.82, 2.24) is 4.98 Å². The molecule has 0 spiro atoms. The molecule has 4 N–H and O–H groups in total. The van der Waals surface area contributed by atoms with Crippen molar-refractivity contribution in [3.63, 3.8) is 0 Å². The van der Waals surface area contributed by atoms with Gasteiger partial charge in [-0.1, -0.05) is 0 Å². The van der Waals surface area contributed by atoms with Gasteiger partial charge in [-0.2, -0.15) is 0 Å². The summed E-state index contributed by atoms with van der Waals surface area (Å²) in [6.45, 7) is 0. The molecule has 1 aromatic heterocycles. The highest BCUT2D eigenvalue weighted by Gasteiger charge is 2.19. The zero-order valence-electron chi connectivity index (χ0n) is 8.99. The second-order valence-corrected chi connectivity index (χ2v) is 5.16. The molecule has 1 fully saturated rings. The van der Waals surface area contributed by atoms with Crippen molar-refractivity contribution in [3.05, 3.63) is 16.7 Å². The van der Waals surface area contributed by atoms with Gasteiger partial charge in [0.25, 0.3) is 0 Å². The molecule has 0 unspecified atom stereocenters. The summed E-state index contributed by atoms with van der Waals surface area (Å²) in [4.78, 5) is 4.25. The zero-order chi connectivity index (χ0) is 11.5. The maximum Gasteiger partial charge on any atom is 0.149 e. The summed E-state index contributed by atoms with van der Waals surface area (Å²) in [6, 6.07) is 2.21. The van der Waals surface area contributed by atoms with Crippen LogP contribution in [0.25, 0.3) is 0 Å². The average Bonchev–Trinajstić information content (AvgIpc) is 2.25. The lowest BCUT2D eigenvalue weighted by molar-refractivity contribution is 0.126. The van der Waals surface area contributed by atoms with Crippen LogP contribution in [0.15, 0.2) is 16.7 Å². The van der Waals surface area contributed by atoms with E-state index in [1.165, 1.54) is 0 Å². The molecule has 1 aliphatic rings. The molecule has 0 bridgehead atoms. The number of aromatic nitrogens is 1. The molecule has 16 heavy (non-hydrogen) atoms. The van der Waals surface area contributed by atoms with Gasteiger partial charge in [-0.15, -0.1) is 0 Å². The predicted octanol–water partition coefficient (Wildman–Crippen LogP) is 2.14. The number of anilines is 2. The summed E-state index contributed by atoms with van der Waals surface area (Å²) in [5.74, 6) is 0.740. The van der Waals surface area contributed by atoms with Crippen molar-refractivity contribution in [3.8, 4) is 0 Å². The number of nitrogen functional groups attached to an aromatic ring is 1. The SMILES string of the molecule is Nc1cc(Br)cnc1NC1CCC(O)CC1. The van der Waals surface area contributed by atoms with Crippen molar-refractivity contribution in [2.75, 3.05) is 11.1 Å². The fourth-order valence-corrected chi connectivity index (χ4v) is 2.34. The van der Waals surface area contributed by atoms with Gasteiger partial charge >= 0.3 is 0 Å². The molecule has 1 aromatic rings. The third-order valence-electron chi connectivity index (χ3n) is 2.92. The van der Waals surface area contributed by atoms with Crippen LogP contribution in [0.4, 0.5) is 11.5 Å². The number of pyridine rings is 1. The molecule has 5 heteroatoms. The lowest BCUT2D eigenvalue weighted by Crippen LogP contribution is -2.28. The van der Waals surface area contributed by atoms with Gasteiger partial charge in [-0.05, 0) is 47.7 Å². The first-order valence-electron chi connectivity index (χ1n) is 5.51. The quantitative estimate of drug-likeness (QED) is 0.779. The van der Waals surface area contributed by atoms with Gasteiger partial charge in [0.15, 0.2) is 0 Å². The third-order valence-corrected chi connectivity index (χ3v) is 3.36. The summed E-state index contributed by atoms with van der Waals surface area (Å²) in [5.41, 5.74) is 6.51. The molecule has 0 amide bonds. The Labute approximate surface area is 103 Å². The Morgan fingerprint density at radius 3 is 2.69 bits per heavy atom. The molecule has 1 heterocycles. The minimum atomic E-state index is -0.131. The first-order valence-corrected chi connectivity index (χ1v) is 6.30. The largest absolute Gasteiger partial charge is 0.396 e. The van der Waals surface area contributed by atoms with Crippen LogP contribution >= 0.6 is 15.9 Å². The van der Waals surface area contributed by atoms with E-state index in [1.807, 2.05) is 6.07 Å². The monoisotopic (exact) mass is 285 g/mol. The average molecular weight is 286 g/mol. The zero-order valence-corrected chi connectivity index (χ0v) is 10.6. The Kier molecular flexibility index (Phi) is 3.66. The van der Waals surface area contributed by atoms with Crippen LogP contribution in [0.5, 0.6) is 0 Å². The lowest BCUT2D eigenvalue weighted by atomic mass is 9.93. The molecule has 0 aliphatic heterocycles. The summed E-state index contributed by atoms with van der Waals surface area (Å²) in [5, 5.41) is 12.7. The van der Waals surface area contributed by atoms with E-state index in [1.54, 1.807) is 6.20 Å². The lowest BCUT2D eigenvalue weighted by Gasteiger charge is -2.26. The summed E-state index contributed by atoms with van der Waals surface area (Å²) < 4.78 is 0.884. The summed E-state index contributed by atoms with van der Waals surface area (Å²) in [6.07, 6.45) is 5.25. The fraction of sp³-hybridized carbons (Fsp3) is 0.545. The van der Waals surface area contributed by atoms with E-state index in [4.69, 9.17) is 5.73 Å². The van der Waals surface area contributed by atoms with Crippen LogP contribution in [-0.2, 0) is 0 Å². The number of aliphatic hydroxyl groups excluding tert-OH is 1. The minimum Gasteiger partial charge on any atom is -0.396 e. The van der Waals surface area contributed by atoms with Gasteiger partial charge in [-0.3, -0.25) is 0 Å². The van der Waals surface area contributed by atoms with Crippen molar-refractivity contribution >= 4 is 27.4 Å². The topological polar surface area (TPSA) is 71.2 Å². The Balaban J connectivity index is 1.98. The Morgan fingerprint density at radius 2 is 2.06 bits per heavy atom. The van der Waals surface area contributed by atoms with E-state index < -0.39 is 0 Å². The first kappa shape index (κ1) is 11.7. The molecule has 4 nitrogen and oxygen atoms in total. The van der Waals surface area contributed by atoms with Crippen LogP contribution < -0.4 is 11.1 Å². The second kappa shape index (κ2) is 5.01. The second-order valence-electron chi connectivity index (χ2n) is 4.24. The van der Waals surface area contributed by atoms with E-state index in [0.29, 0.717) is 11.7 Å². The number of hydrogen-bond acceptors (Lipinski definition) is 4. The number of nitrogens with zero attached hydrogens (tertiary/aromatic N) is 1. The van der Waals surface area contributed by atoms with Crippen molar-refractivity contribution in [2.45, 2.75) is 37.8 Å². The third kappa shape index (κ3) is 2.86. The number of aliphatic hydroxyl groups is 1. The number of nitrogens with one attached hydrogen (secondary N) is 1. The number of nitrogens with two attached hydrogens (primary N) is 1. The van der Waals surface area contributed by atoms with Crippen LogP contribution in [0, 0.1) is 0 Å². The highest BCUT2D eigenvalue weighted by atomic mass is 79.9. The molecule has 0 aromatic carbocycles. The molecular weight excluding hydrogens is 270 g/mol. The van der Waals surface area contributed by atoms with Gasteiger partial charge in [0.1, 0.15) is 5.82 Å². The molecule has 0 atom stereocenters. The number of halogens is 1. The van der Waals surface area contributed by atoms with Gasteiger partial charge in [0, 0.05) is 16.7 Å². The molecule has 88 valence electrons. The van der Waals surface area contributed by atoms with Gasteiger partial charge in [0.2, 0.25) is 0 Å². The Morgan fingerprint density at radius 1 is 1.38 bits per heavy atom. The molecular formula is C11H16BrN3O. The normalized spacial score (nSPS) is 25.4. The maximum absolute atomic E-state index is 9.41. The predicted molar refractivity (Wildman–Crippen MR) is 68.2 cm³/mol. The molecule has 2 rings (SSSR count). The highest BCUT2D eigenvalue weighted by Crippen LogP contribution is 2.25. The number of hydrogen-bond donors (Lipinski definition) is 3. The summed E-state index contributed by atoms with van der Waals surface area (Å²) in [7, 11) is 0. The highest BCUT2D eigenvalue weighted by molar-refractivity contribution is 9.10. The maximum atomic E-state index is 9.41. The molecule has 0 radical (unpaired) electrons. The van der Waals surface area contributed by atoms with Crippen LogP contribution in [0.3, 0.4) is 0 Å². The molecule has 1 aliphatic carbocycles. The van der Waals surface area contributed by atoms with Gasteiger partial charge in [-0.25, -0.2) is 4.98 Å². The van der Waals surface area contributed by atoms with Crippen LogP contribution in [0.1, 0.15) is 25.7 Å². The Hall–Kier alpha value is -0.810. The smallest absolute Gasteiger partial charge is 0.149 e. The minimum absolute atomic E-state index is 0.131. The molecule has 0 saturated heterocycles. The van der Waals surface area contributed by atoms with Crippen LogP contribution in [-0.4, -0.2) is 22.2 Å². The van der Waals surface area contributed by atoms with E-state index in [-0.39, 0.29) is 6.10 Å². The van der Waals surface area contributed by atoms with E-state index >= 15 is 0 Å². The fourth-order valence-electron chi connectivity index (χ4n) is 1.99. The number of rotatable bonds is 2. The van der Waals surface area contributed by atoms with Crippen molar-refractivity contribution < 1.29 is 5.11 Å². The molecule has 1 saturated carbocycles. The van der Waals surface area contributed by atoms with E-state index in [2.05, 4.69) is 26.2 Å². The standard InChI is InChI=1S/C11H16BrN3O/c12-7-5-10(13)11(14-6-7)15-8-1-3-9(16)4-2-8/h5-6,8-9,16H,1-4,13H2,(H,14,15). The van der Waals surface area contributed by atoms with E-state index in [0.717, 1.165) is 36.0 Å². The van der Waals surface area contributed by atoms with Crippen LogP contribution in [0.2, 0.25) is 0 Å². The van der Waals surface area contributed by atoms with Gasteiger partial charge < -0.3 is 16.2 Å². The Bertz CT molecular complexity index is 364. The first-order chi connectivity index (χ1) is 7.65. The van der Waals surface area contributed by atoms with Gasteiger partial charge in [0.05, 0.1) is 11.8 Å². The van der Waals surface area contributed by atoms with Crippen molar-refractivity contribution in [1.29, 1.82) is 0 Å².